The van der Waals surface area contributed by atoms with E-state index in [1.54, 1.807) is 0 Å². The van der Waals surface area contributed by atoms with Gasteiger partial charge in [0.25, 0.3) is 5.69 Å². The molecule has 8 heteroatoms. The third-order valence-corrected chi connectivity index (χ3v) is 2.27. The largest absolute Gasteiger partial charge is 0.352 e. The lowest BCUT2D eigenvalue weighted by atomic mass is 10.2. The fourth-order valence-electron chi connectivity index (χ4n) is 1.29. The number of carbonyl (C=O) groups excluding carboxylic acids is 2. The van der Waals surface area contributed by atoms with Crippen LogP contribution in [0.1, 0.15) is 12.0 Å². The summed E-state index contributed by atoms with van der Waals surface area (Å²) in [6, 6.07) is 5.63. The van der Waals surface area contributed by atoms with Crippen molar-refractivity contribution in [3.8, 4) is 0 Å². The Hall–Kier alpha value is -3.03. The van der Waals surface area contributed by atoms with Crippen LogP contribution >= 0.6 is 0 Å². The number of carbonyl (C=O) groups is 2. The number of amides is 2. The summed E-state index contributed by atoms with van der Waals surface area (Å²) in [5, 5.41) is 16.6. The van der Waals surface area contributed by atoms with Crippen molar-refractivity contribution in [2.45, 2.75) is 6.42 Å². The molecule has 0 aliphatic rings. The van der Waals surface area contributed by atoms with Crippen LogP contribution in [-0.4, -0.2) is 29.5 Å². The monoisotopic (exact) mass is 290 g/mol. The van der Waals surface area contributed by atoms with E-state index in [2.05, 4.69) is 22.4 Å². The molecule has 0 unspecified atom stereocenters. The fraction of sp³-hybridized carbons (Fsp3) is 0.154. The molecule has 0 fully saturated rings. The summed E-state index contributed by atoms with van der Waals surface area (Å²) in [5.41, 5.74) is 2.73. The van der Waals surface area contributed by atoms with Crippen LogP contribution in [0.15, 0.2) is 42.0 Å². The lowest BCUT2D eigenvalue weighted by Gasteiger charge is -2.00. The number of non-ortho nitro benzene ring substituents is 1. The van der Waals surface area contributed by atoms with Gasteiger partial charge in [0, 0.05) is 18.7 Å². The molecule has 0 aliphatic carbocycles. The van der Waals surface area contributed by atoms with E-state index in [4.69, 9.17) is 0 Å². The highest BCUT2D eigenvalue weighted by molar-refractivity contribution is 5.97. The molecule has 0 heterocycles. The van der Waals surface area contributed by atoms with Crippen LogP contribution in [0.2, 0.25) is 0 Å². The Morgan fingerprint density at radius 3 is 2.52 bits per heavy atom. The first-order valence-corrected chi connectivity index (χ1v) is 5.97. The van der Waals surface area contributed by atoms with E-state index in [9.17, 15) is 19.7 Å². The smallest absolute Gasteiger partial charge is 0.269 e. The van der Waals surface area contributed by atoms with E-state index in [0.29, 0.717) is 5.56 Å². The Kier molecular flexibility index (Phi) is 6.26. The molecule has 0 atom stereocenters. The molecule has 0 saturated carbocycles. The minimum Gasteiger partial charge on any atom is -0.352 e. The molecule has 1 aromatic rings. The SMILES string of the molecule is C=CCNC(=O)CC(=O)N/N=C\c1ccc([N+](=O)[O-])cc1. The zero-order chi connectivity index (χ0) is 15.7. The number of rotatable bonds is 7. The standard InChI is InChI=1S/C13H14N4O4/c1-2-7-14-12(18)8-13(19)16-15-9-10-3-5-11(6-4-10)17(20)21/h2-6,9H,1,7-8H2,(H,14,18)(H,16,19)/b15-9-. The molecule has 0 radical (unpaired) electrons. The Labute approximate surface area is 120 Å². The van der Waals surface area contributed by atoms with Crippen molar-refractivity contribution in [2.24, 2.45) is 5.10 Å². The predicted octanol–water partition coefficient (Wildman–Crippen LogP) is 0.737. The summed E-state index contributed by atoms with van der Waals surface area (Å²) >= 11 is 0. The first kappa shape index (κ1) is 16.0. The molecule has 1 aromatic carbocycles. The number of nitro groups is 1. The zero-order valence-electron chi connectivity index (χ0n) is 11.1. The highest BCUT2D eigenvalue weighted by atomic mass is 16.6. The van der Waals surface area contributed by atoms with Crippen molar-refractivity contribution in [2.75, 3.05) is 6.54 Å². The highest BCUT2D eigenvalue weighted by Crippen LogP contribution is 2.10. The fourth-order valence-corrected chi connectivity index (χ4v) is 1.29. The normalized spacial score (nSPS) is 10.1. The molecule has 0 saturated heterocycles. The van der Waals surface area contributed by atoms with Crippen LogP contribution < -0.4 is 10.7 Å². The van der Waals surface area contributed by atoms with E-state index in [-0.39, 0.29) is 18.7 Å². The van der Waals surface area contributed by atoms with Gasteiger partial charge in [0.05, 0.1) is 11.1 Å². The second-order valence-corrected chi connectivity index (χ2v) is 3.91. The maximum Gasteiger partial charge on any atom is 0.269 e. The average Bonchev–Trinajstić information content (AvgIpc) is 2.45. The maximum atomic E-state index is 11.3. The molecule has 0 spiro atoms. The number of nitrogens with one attached hydrogen (secondary N) is 2. The number of hydrogen-bond donors (Lipinski definition) is 2. The summed E-state index contributed by atoms with van der Waals surface area (Å²) in [7, 11) is 0. The lowest BCUT2D eigenvalue weighted by molar-refractivity contribution is -0.384. The average molecular weight is 290 g/mol. The Bertz CT molecular complexity index is 566. The van der Waals surface area contributed by atoms with Gasteiger partial charge in [0.15, 0.2) is 0 Å². The molecule has 2 N–H and O–H groups in total. The van der Waals surface area contributed by atoms with Crippen LogP contribution in [0, 0.1) is 10.1 Å². The number of nitro benzene ring substituents is 1. The quantitative estimate of drug-likeness (QED) is 0.253. The molecule has 0 bridgehead atoms. The summed E-state index contributed by atoms with van der Waals surface area (Å²) in [6.45, 7) is 3.72. The van der Waals surface area contributed by atoms with Gasteiger partial charge < -0.3 is 5.32 Å². The molecule has 2 amide bonds. The summed E-state index contributed by atoms with van der Waals surface area (Å²) in [4.78, 5) is 32.5. The first-order valence-electron chi connectivity index (χ1n) is 5.97. The van der Waals surface area contributed by atoms with Gasteiger partial charge in [-0.2, -0.15) is 5.10 Å². The molecule has 0 aliphatic heterocycles. The highest BCUT2D eigenvalue weighted by Gasteiger charge is 2.07. The molecular weight excluding hydrogens is 276 g/mol. The van der Waals surface area contributed by atoms with Crippen LogP contribution in [-0.2, 0) is 9.59 Å². The molecular formula is C13H14N4O4. The van der Waals surface area contributed by atoms with Gasteiger partial charge in [0.1, 0.15) is 6.42 Å². The first-order chi connectivity index (χ1) is 10.0. The summed E-state index contributed by atoms with van der Waals surface area (Å²) in [6.07, 6.45) is 2.48. The van der Waals surface area contributed by atoms with Crippen molar-refractivity contribution < 1.29 is 14.5 Å². The topological polar surface area (TPSA) is 114 Å². The third-order valence-electron chi connectivity index (χ3n) is 2.27. The van der Waals surface area contributed by atoms with Gasteiger partial charge in [-0.1, -0.05) is 6.08 Å². The van der Waals surface area contributed by atoms with Gasteiger partial charge in [-0.05, 0) is 17.7 Å². The zero-order valence-corrected chi connectivity index (χ0v) is 11.1. The van der Waals surface area contributed by atoms with E-state index < -0.39 is 16.7 Å². The lowest BCUT2D eigenvalue weighted by Crippen LogP contribution is -2.29. The van der Waals surface area contributed by atoms with Gasteiger partial charge in [-0.25, -0.2) is 5.43 Å². The molecule has 8 nitrogen and oxygen atoms in total. The Morgan fingerprint density at radius 2 is 1.95 bits per heavy atom. The van der Waals surface area contributed by atoms with Crippen molar-refractivity contribution >= 4 is 23.7 Å². The van der Waals surface area contributed by atoms with Gasteiger partial charge in [0.2, 0.25) is 11.8 Å². The molecule has 21 heavy (non-hydrogen) atoms. The number of nitrogens with zero attached hydrogens (tertiary/aromatic N) is 2. The Morgan fingerprint density at radius 1 is 1.29 bits per heavy atom. The summed E-state index contributed by atoms with van der Waals surface area (Å²) in [5.74, 6) is -0.993. The minimum atomic E-state index is -0.560. The van der Waals surface area contributed by atoms with E-state index >= 15 is 0 Å². The van der Waals surface area contributed by atoms with Crippen molar-refractivity contribution in [1.82, 2.24) is 10.7 Å². The Balaban J connectivity index is 2.43. The summed E-state index contributed by atoms with van der Waals surface area (Å²) < 4.78 is 0. The van der Waals surface area contributed by atoms with Gasteiger partial charge in [-0.3, -0.25) is 19.7 Å². The minimum absolute atomic E-state index is 0.0323. The maximum absolute atomic E-state index is 11.3. The van der Waals surface area contributed by atoms with Gasteiger partial charge in [-0.15, -0.1) is 6.58 Å². The molecule has 1 rings (SSSR count). The van der Waals surface area contributed by atoms with Crippen LogP contribution in [0.5, 0.6) is 0 Å². The van der Waals surface area contributed by atoms with E-state index in [1.807, 2.05) is 0 Å². The molecule has 110 valence electrons. The van der Waals surface area contributed by atoms with Crippen molar-refractivity contribution in [1.29, 1.82) is 0 Å². The number of benzene rings is 1. The number of hydrogen-bond acceptors (Lipinski definition) is 5. The van der Waals surface area contributed by atoms with E-state index in [1.165, 1.54) is 36.6 Å². The van der Waals surface area contributed by atoms with Crippen LogP contribution in [0.3, 0.4) is 0 Å². The molecule has 0 aromatic heterocycles. The number of hydrazone groups is 1. The van der Waals surface area contributed by atoms with Crippen molar-refractivity contribution in [3.05, 3.63) is 52.6 Å². The van der Waals surface area contributed by atoms with Crippen molar-refractivity contribution in [3.63, 3.8) is 0 Å². The second kappa shape index (κ2) is 8.20. The van der Waals surface area contributed by atoms with Gasteiger partial charge >= 0.3 is 0 Å². The third kappa shape index (κ3) is 6.10. The second-order valence-electron chi connectivity index (χ2n) is 3.91. The van der Waals surface area contributed by atoms with Crippen LogP contribution in [0.4, 0.5) is 5.69 Å². The predicted molar refractivity (Wildman–Crippen MR) is 76.7 cm³/mol. The van der Waals surface area contributed by atoms with E-state index in [0.717, 1.165) is 0 Å². The van der Waals surface area contributed by atoms with Crippen LogP contribution in [0.25, 0.3) is 0 Å².